The predicted molar refractivity (Wildman–Crippen MR) is 144 cm³/mol. The number of nitrogens with one attached hydrogen (secondary N) is 1. The summed E-state index contributed by atoms with van der Waals surface area (Å²) in [5, 5.41) is 3.54. The third-order valence-electron chi connectivity index (χ3n) is 5.57. The van der Waals surface area contributed by atoms with Crippen molar-refractivity contribution in [1.82, 2.24) is 10.2 Å². The van der Waals surface area contributed by atoms with E-state index in [4.69, 9.17) is 27.9 Å². The van der Waals surface area contributed by atoms with E-state index in [9.17, 15) is 18.0 Å². The molecule has 11 heteroatoms. The van der Waals surface area contributed by atoms with Crippen molar-refractivity contribution in [2.45, 2.75) is 45.7 Å². The molecule has 2 amide bonds. The van der Waals surface area contributed by atoms with Crippen LogP contribution in [-0.4, -0.2) is 57.6 Å². The number of carbonyl (C=O) groups excluding carboxylic acids is 2. The largest absolute Gasteiger partial charge is 0.497 e. The van der Waals surface area contributed by atoms with Crippen molar-refractivity contribution >= 4 is 50.7 Å². The highest BCUT2D eigenvalue weighted by Gasteiger charge is 2.28. The lowest BCUT2D eigenvalue weighted by Crippen LogP contribution is -2.49. The number of ether oxygens (including phenoxy) is 1. The molecule has 0 radical (unpaired) electrons. The van der Waals surface area contributed by atoms with E-state index < -0.39 is 16.1 Å². The lowest BCUT2D eigenvalue weighted by Gasteiger charge is -2.31. The molecule has 0 saturated heterocycles. The fraction of sp³-hybridized carbons (Fsp3) is 0.440. The van der Waals surface area contributed by atoms with Crippen molar-refractivity contribution in [2.75, 3.05) is 30.8 Å². The zero-order valence-electron chi connectivity index (χ0n) is 21.0. The fourth-order valence-electron chi connectivity index (χ4n) is 3.82. The van der Waals surface area contributed by atoms with Crippen molar-refractivity contribution in [1.29, 1.82) is 0 Å². The molecule has 0 aliphatic carbocycles. The number of likely N-dealkylation sites (N-methyl/N-ethyl adjacent to an activating group) is 1. The Labute approximate surface area is 223 Å². The molecule has 0 unspecified atom stereocenters. The van der Waals surface area contributed by atoms with Gasteiger partial charge < -0.3 is 15.0 Å². The van der Waals surface area contributed by atoms with Crippen molar-refractivity contribution in [3.05, 3.63) is 58.1 Å². The second-order valence-corrected chi connectivity index (χ2v) is 11.0. The number of hydrogen-bond acceptors (Lipinski definition) is 5. The van der Waals surface area contributed by atoms with Crippen molar-refractivity contribution in [3.63, 3.8) is 0 Å². The Morgan fingerprint density at radius 3 is 2.39 bits per heavy atom. The molecule has 0 bridgehead atoms. The Bertz CT molecular complexity index is 1160. The first-order chi connectivity index (χ1) is 17.0. The van der Waals surface area contributed by atoms with Crippen LogP contribution in [0.1, 0.15) is 38.7 Å². The van der Waals surface area contributed by atoms with Crippen molar-refractivity contribution < 1.29 is 22.7 Å². The molecular weight excluding hydrogens is 525 g/mol. The summed E-state index contributed by atoms with van der Waals surface area (Å²) in [5.41, 5.74) is 1.18. The molecule has 0 saturated carbocycles. The van der Waals surface area contributed by atoms with Crippen LogP contribution in [0.3, 0.4) is 0 Å². The number of anilines is 1. The van der Waals surface area contributed by atoms with Crippen LogP contribution in [-0.2, 0) is 26.2 Å². The van der Waals surface area contributed by atoms with Gasteiger partial charge in [0.2, 0.25) is 21.8 Å². The Morgan fingerprint density at radius 1 is 1.08 bits per heavy atom. The minimum absolute atomic E-state index is 0.0488. The first kappa shape index (κ1) is 29.7. The van der Waals surface area contributed by atoms with Crippen LogP contribution in [0.15, 0.2) is 42.5 Å². The molecule has 2 aromatic carbocycles. The first-order valence-corrected chi connectivity index (χ1v) is 14.2. The molecule has 0 heterocycles. The third-order valence-corrected chi connectivity index (χ3v) is 7.50. The summed E-state index contributed by atoms with van der Waals surface area (Å²) in [4.78, 5) is 27.6. The number of sulfonamides is 1. The average Bonchev–Trinajstić information content (AvgIpc) is 2.83. The molecule has 1 atom stereocenters. The lowest BCUT2D eigenvalue weighted by atomic mass is 10.1. The number of nitrogens with zero attached hydrogens (tertiary/aromatic N) is 2. The van der Waals surface area contributed by atoms with Crippen LogP contribution in [0, 0.1) is 0 Å². The number of rotatable bonds is 13. The number of carbonyl (C=O) groups is 2. The molecule has 2 aromatic rings. The summed E-state index contributed by atoms with van der Waals surface area (Å²) in [5.74, 6) is 0.0126. The van der Waals surface area contributed by atoms with E-state index in [0.29, 0.717) is 34.4 Å². The Kier molecular flexibility index (Phi) is 11.3. The number of methoxy groups -OCH3 is 1. The van der Waals surface area contributed by atoms with Gasteiger partial charge in [0.05, 0.1) is 29.1 Å². The molecule has 1 N–H and O–H groups in total. The highest BCUT2D eigenvalue weighted by molar-refractivity contribution is 7.92. The zero-order chi connectivity index (χ0) is 26.9. The van der Waals surface area contributed by atoms with Gasteiger partial charge in [-0.3, -0.25) is 13.9 Å². The number of amides is 2. The second kappa shape index (κ2) is 13.7. The first-order valence-electron chi connectivity index (χ1n) is 11.6. The van der Waals surface area contributed by atoms with Crippen molar-refractivity contribution in [3.8, 4) is 5.75 Å². The molecule has 2 rings (SSSR count). The summed E-state index contributed by atoms with van der Waals surface area (Å²) in [6, 6.07) is 11.1. The maximum atomic E-state index is 13.4. The SMILES string of the molecule is CCNC(=O)[C@@H](CC)N(Cc1ccc(Cl)c(Cl)c1)C(=O)CCCN(c1cccc(OC)c1)S(C)(=O)=O. The van der Waals surface area contributed by atoms with Crippen molar-refractivity contribution in [2.24, 2.45) is 0 Å². The van der Waals surface area contributed by atoms with Crippen LogP contribution >= 0.6 is 23.2 Å². The van der Waals surface area contributed by atoms with Gasteiger partial charge in [0.1, 0.15) is 11.8 Å². The molecule has 36 heavy (non-hydrogen) atoms. The molecule has 8 nitrogen and oxygen atoms in total. The topological polar surface area (TPSA) is 96.0 Å². The van der Waals surface area contributed by atoms with Gasteiger partial charge in [0.25, 0.3) is 0 Å². The van der Waals surface area contributed by atoms with Crippen LogP contribution in [0.25, 0.3) is 0 Å². The third kappa shape index (κ3) is 8.28. The van der Waals surface area contributed by atoms with Crippen LogP contribution < -0.4 is 14.4 Å². The minimum Gasteiger partial charge on any atom is -0.497 e. The maximum absolute atomic E-state index is 13.4. The summed E-state index contributed by atoms with van der Waals surface area (Å²) < 4.78 is 31.4. The van der Waals surface area contributed by atoms with Gasteiger partial charge in [0, 0.05) is 32.1 Å². The van der Waals surface area contributed by atoms with E-state index in [1.807, 2.05) is 13.8 Å². The summed E-state index contributed by atoms with van der Waals surface area (Å²) >= 11 is 12.2. The molecule has 0 spiro atoms. The molecule has 0 aliphatic heterocycles. The monoisotopic (exact) mass is 557 g/mol. The smallest absolute Gasteiger partial charge is 0.242 e. The Balaban J connectivity index is 2.23. The van der Waals surface area contributed by atoms with E-state index in [0.717, 1.165) is 11.8 Å². The van der Waals surface area contributed by atoms with E-state index in [1.54, 1.807) is 42.5 Å². The predicted octanol–water partition coefficient (Wildman–Crippen LogP) is 4.49. The number of halogens is 2. The van der Waals surface area contributed by atoms with Gasteiger partial charge >= 0.3 is 0 Å². The quantitative estimate of drug-likeness (QED) is 0.391. The van der Waals surface area contributed by atoms with Gasteiger partial charge in [-0.2, -0.15) is 0 Å². The van der Waals surface area contributed by atoms with Gasteiger partial charge in [-0.15, -0.1) is 0 Å². The molecular formula is C25H33Cl2N3O5S. The summed E-state index contributed by atoms with van der Waals surface area (Å²) in [7, 11) is -2.09. The van der Waals surface area contributed by atoms with Gasteiger partial charge in [-0.25, -0.2) is 8.42 Å². The maximum Gasteiger partial charge on any atom is 0.242 e. The van der Waals surface area contributed by atoms with Crippen LogP contribution in [0.4, 0.5) is 5.69 Å². The Hall–Kier alpha value is -2.49. The van der Waals surface area contributed by atoms with E-state index in [2.05, 4.69) is 5.32 Å². The number of benzene rings is 2. The summed E-state index contributed by atoms with van der Waals surface area (Å²) in [6.45, 7) is 4.35. The van der Waals surface area contributed by atoms with Gasteiger partial charge in [-0.1, -0.05) is 42.3 Å². The zero-order valence-corrected chi connectivity index (χ0v) is 23.3. The molecule has 198 valence electrons. The van der Waals surface area contributed by atoms with E-state index in [1.165, 1.54) is 16.3 Å². The summed E-state index contributed by atoms with van der Waals surface area (Å²) in [6.07, 6.45) is 1.84. The standard InChI is InChI=1S/C25H33Cl2N3O5S/c1-5-23(25(32)28-6-2)29(17-18-12-13-21(26)22(27)15-18)24(31)11-8-14-30(36(4,33)34)19-9-7-10-20(16-19)35-3/h7,9-10,12-13,15-16,23H,5-6,8,11,14,17H2,1-4H3,(H,28,32)/t23-/m1/s1. The highest BCUT2D eigenvalue weighted by Crippen LogP contribution is 2.26. The van der Waals surface area contributed by atoms with E-state index in [-0.39, 0.29) is 37.7 Å². The molecule has 0 fully saturated rings. The van der Waals surface area contributed by atoms with Crippen LogP contribution in [0.5, 0.6) is 5.75 Å². The van der Waals surface area contributed by atoms with Crippen LogP contribution in [0.2, 0.25) is 10.0 Å². The van der Waals surface area contributed by atoms with E-state index >= 15 is 0 Å². The highest BCUT2D eigenvalue weighted by atomic mass is 35.5. The normalized spacial score (nSPS) is 12.1. The lowest BCUT2D eigenvalue weighted by molar-refractivity contribution is -0.141. The molecule has 0 aromatic heterocycles. The van der Waals surface area contributed by atoms with Gasteiger partial charge in [0.15, 0.2) is 0 Å². The van der Waals surface area contributed by atoms with Gasteiger partial charge in [-0.05, 0) is 49.6 Å². The fourth-order valence-corrected chi connectivity index (χ4v) is 5.09. The minimum atomic E-state index is -3.60. The average molecular weight is 559 g/mol. The second-order valence-electron chi connectivity index (χ2n) is 8.23. The molecule has 0 aliphatic rings. The Morgan fingerprint density at radius 2 is 1.81 bits per heavy atom. The number of hydrogen-bond donors (Lipinski definition) is 1.